The van der Waals surface area contributed by atoms with Crippen LogP contribution in [0, 0.1) is 6.92 Å². The van der Waals surface area contributed by atoms with Crippen molar-refractivity contribution in [2.24, 2.45) is 5.10 Å². The Morgan fingerprint density at radius 1 is 0.885 bits per heavy atom. The Morgan fingerprint density at radius 2 is 1.58 bits per heavy atom. The summed E-state index contributed by atoms with van der Waals surface area (Å²) in [5.41, 5.74) is 4.02. The molecule has 1 aromatic heterocycles. The Bertz CT molecular complexity index is 928. The summed E-state index contributed by atoms with van der Waals surface area (Å²) in [4.78, 5) is 24.1. The maximum Gasteiger partial charge on any atom is 0.271 e. The third kappa shape index (κ3) is 4.45. The number of nitrogens with one attached hydrogen (secondary N) is 2. The van der Waals surface area contributed by atoms with Crippen LogP contribution in [0.5, 0.6) is 0 Å². The van der Waals surface area contributed by atoms with Gasteiger partial charge in [-0.3, -0.25) is 9.59 Å². The number of nitrogens with zero attached hydrogens (tertiary/aromatic N) is 1. The van der Waals surface area contributed by atoms with E-state index in [0.29, 0.717) is 22.6 Å². The molecular weight excluding hydrogens is 330 g/mol. The lowest BCUT2D eigenvalue weighted by molar-refractivity contribution is 0.0954. The lowest BCUT2D eigenvalue weighted by Gasteiger charge is -2.06. The van der Waals surface area contributed by atoms with E-state index in [9.17, 15) is 9.59 Å². The van der Waals surface area contributed by atoms with E-state index in [-0.39, 0.29) is 11.8 Å². The topological polar surface area (TPSA) is 83.7 Å². The van der Waals surface area contributed by atoms with E-state index in [0.717, 1.165) is 5.76 Å². The molecule has 0 bridgehead atoms. The van der Waals surface area contributed by atoms with Gasteiger partial charge in [0, 0.05) is 16.8 Å². The summed E-state index contributed by atoms with van der Waals surface area (Å²) >= 11 is 0. The zero-order chi connectivity index (χ0) is 18.4. The second kappa shape index (κ2) is 7.94. The van der Waals surface area contributed by atoms with Gasteiger partial charge >= 0.3 is 0 Å². The largest absolute Gasteiger partial charge is 0.460 e. The summed E-state index contributed by atoms with van der Waals surface area (Å²) in [6.45, 7) is 1.83. The molecule has 130 valence electrons. The number of carbonyl (C=O) groups is 2. The van der Waals surface area contributed by atoms with Gasteiger partial charge in [0.15, 0.2) is 0 Å². The summed E-state index contributed by atoms with van der Waals surface area (Å²) in [6, 6.07) is 19.0. The molecule has 0 fully saturated rings. The van der Waals surface area contributed by atoms with Gasteiger partial charge in [0.25, 0.3) is 11.8 Å². The fourth-order valence-electron chi connectivity index (χ4n) is 2.24. The molecule has 3 aromatic rings. The number of furan rings is 1. The standard InChI is InChI=1S/C20H17N3O3/c1-14-7-12-18(26-14)13-21-23-20(25)16-8-10-17(11-9-16)22-19(24)15-5-3-2-4-6-15/h2-13H,1H3,(H,22,24)(H,23,25). The highest BCUT2D eigenvalue weighted by molar-refractivity contribution is 6.04. The van der Waals surface area contributed by atoms with Crippen LogP contribution >= 0.6 is 0 Å². The lowest BCUT2D eigenvalue weighted by atomic mass is 10.2. The van der Waals surface area contributed by atoms with Crippen molar-refractivity contribution in [2.45, 2.75) is 6.92 Å². The second-order valence-electron chi connectivity index (χ2n) is 5.55. The minimum absolute atomic E-state index is 0.207. The molecule has 6 nitrogen and oxygen atoms in total. The maximum absolute atomic E-state index is 12.1. The number of aryl methyl sites for hydroxylation is 1. The highest BCUT2D eigenvalue weighted by Crippen LogP contribution is 2.11. The van der Waals surface area contributed by atoms with E-state index in [2.05, 4.69) is 15.8 Å². The fraction of sp³-hybridized carbons (Fsp3) is 0.0500. The minimum Gasteiger partial charge on any atom is -0.460 e. The summed E-state index contributed by atoms with van der Waals surface area (Å²) in [5, 5.41) is 6.63. The van der Waals surface area contributed by atoms with Gasteiger partial charge in [-0.25, -0.2) is 5.43 Å². The van der Waals surface area contributed by atoms with Crippen LogP contribution in [0.1, 0.15) is 32.2 Å². The first-order chi connectivity index (χ1) is 12.6. The smallest absolute Gasteiger partial charge is 0.271 e. The van der Waals surface area contributed by atoms with E-state index in [4.69, 9.17) is 4.42 Å². The molecule has 0 radical (unpaired) electrons. The third-order valence-corrected chi connectivity index (χ3v) is 3.56. The zero-order valence-corrected chi connectivity index (χ0v) is 14.1. The van der Waals surface area contributed by atoms with Crippen LogP contribution < -0.4 is 10.7 Å². The predicted molar refractivity (Wildman–Crippen MR) is 99.3 cm³/mol. The predicted octanol–water partition coefficient (Wildman–Crippen LogP) is 3.60. The van der Waals surface area contributed by atoms with E-state index in [1.54, 1.807) is 54.6 Å². The number of carbonyl (C=O) groups excluding carboxylic acids is 2. The van der Waals surface area contributed by atoms with E-state index >= 15 is 0 Å². The first-order valence-electron chi connectivity index (χ1n) is 7.98. The molecule has 0 spiro atoms. The van der Waals surface area contributed by atoms with Crippen LogP contribution in [0.25, 0.3) is 0 Å². The Morgan fingerprint density at radius 3 is 2.23 bits per heavy atom. The molecule has 2 N–H and O–H groups in total. The average Bonchev–Trinajstić information content (AvgIpc) is 3.08. The monoisotopic (exact) mass is 347 g/mol. The lowest BCUT2D eigenvalue weighted by Crippen LogP contribution is -2.17. The van der Waals surface area contributed by atoms with Gasteiger partial charge in [0.2, 0.25) is 0 Å². The van der Waals surface area contributed by atoms with Gasteiger partial charge < -0.3 is 9.73 Å². The number of hydrogen-bond acceptors (Lipinski definition) is 4. The van der Waals surface area contributed by atoms with Gasteiger partial charge in [0.05, 0.1) is 6.21 Å². The molecule has 0 atom stereocenters. The van der Waals surface area contributed by atoms with Crippen LogP contribution in [-0.4, -0.2) is 18.0 Å². The van der Waals surface area contributed by atoms with Crippen LogP contribution in [0.2, 0.25) is 0 Å². The first kappa shape index (κ1) is 17.2. The first-order valence-corrected chi connectivity index (χ1v) is 7.98. The van der Waals surface area contributed by atoms with Gasteiger partial charge in [-0.15, -0.1) is 0 Å². The quantitative estimate of drug-likeness (QED) is 0.546. The van der Waals surface area contributed by atoms with Crippen molar-refractivity contribution in [2.75, 3.05) is 5.32 Å². The molecule has 0 aliphatic rings. The van der Waals surface area contributed by atoms with Gasteiger partial charge in [0.1, 0.15) is 11.5 Å². The number of benzene rings is 2. The van der Waals surface area contributed by atoms with Crippen molar-refractivity contribution in [1.29, 1.82) is 0 Å². The zero-order valence-electron chi connectivity index (χ0n) is 14.1. The molecule has 6 heteroatoms. The molecule has 0 unspecified atom stereocenters. The number of anilines is 1. The van der Waals surface area contributed by atoms with Crippen LogP contribution in [0.15, 0.2) is 76.2 Å². The van der Waals surface area contributed by atoms with Crippen molar-refractivity contribution in [1.82, 2.24) is 5.43 Å². The molecule has 1 heterocycles. The second-order valence-corrected chi connectivity index (χ2v) is 5.55. The molecule has 0 saturated heterocycles. The average molecular weight is 347 g/mol. The molecule has 2 aromatic carbocycles. The molecular formula is C20H17N3O3. The van der Waals surface area contributed by atoms with E-state index < -0.39 is 0 Å². The van der Waals surface area contributed by atoms with Crippen molar-refractivity contribution in [3.05, 3.63) is 89.4 Å². The third-order valence-electron chi connectivity index (χ3n) is 3.56. The van der Waals surface area contributed by atoms with Crippen molar-refractivity contribution in [3.63, 3.8) is 0 Å². The van der Waals surface area contributed by atoms with E-state index in [1.165, 1.54) is 6.21 Å². The number of amides is 2. The van der Waals surface area contributed by atoms with Crippen LogP contribution in [0.3, 0.4) is 0 Å². The summed E-state index contributed by atoms with van der Waals surface area (Å²) in [6.07, 6.45) is 1.43. The Labute approximate surface area is 150 Å². The number of hydrogen-bond donors (Lipinski definition) is 2. The van der Waals surface area contributed by atoms with E-state index in [1.807, 2.05) is 19.1 Å². The molecule has 0 aliphatic carbocycles. The molecule has 0 saturated carbocycles. The molecule has 2 amide bonds. The van der Waals surface area contributed by atoms with Gasteiger partial charge in [-0.05, 0) is 55.5 Å². The Hall–Kier alpha value is -3.67. The number of hydrazone groups is 1. The fourth-order valence-corrected chi connectivity index (χ4v) is 2.24. The normalized spacial score (nSPS) is 10.7. The maximum atomic E-state index is 12.1. The van der Waals surface area contributed by atoms with Crippen LogP contribution in [-0.2, 0) is 0 Å². The Kier molecular flexibility index (Phi) is 5.24. The van der Waals surface area contributed by atoms with Crippen LogP contribution in [0.4, 0.5) is 5.69 Å². The molecule has 26 heavy (non-hydrogen) atoms. The highest BCUT2D eigenvalue weighted by atomic mass is 16.3. The van der Waals surface area contributed by atoms with Crippen molar-refractivity contribution < 1.29 is 14.0 Å². The Balaban J connectivity index is 1.57. The SMILES string of the molecule is Cc1ccc(C=NNC(=O)c2ccc(NC(=O)c3ccccc3)cc2)o1. The van der Waals surface area contributed by atoms with Gasteiger partial charge in [-0.2, -0.15) is 5.10 Å². The molecule has 0 aliphatic heterocycles. The summed E-state index contributed by atoms with van der Waals surface area (Å²) in [5.74, 6) is 0.763. The number of rotatable bonds is 5. The van der Waals surface area contributed by atoms with Crippen molar-refractivity contribution >= 4 is 23.7 Å². The van der Waals surface area contributed by atoms with Crippen molar-refractivity contribution in [3.8, 4) is 0 Å². The minimum atomic E-state index is -0.356. The highest BCUT2D eigenvalue weighted by Gasteiger charge is 2.07. The molecule has 3 rings (SSSR count). The van der Waals surface area contributed by atoms with Gasteiger partial charge in [-0.1, -0.05) is 18.2 Å². The summed E-state index contributed by atoms with van der Waals surface area (Å²) in [7, 11) is 0. The summed E-state index contributed by atoms with van der Waals surface area (Å²) < 4.78 is 5.32.